The summed E-state index contributed by atoms with van der Waals surface area (Å²) in [6.45, 7) is 0. The van der Waals surface area contributed by atoms with E-state index in [-0.39, 0.29) is 0 Å². The Morgan fingerprint density at radius 3 is 2.33 bits per heavy atom. The van der Waals surface area contributed by atoms with Crippen molar-refractivity contribution < 1.29 is 8.78 Å². The Bertz CT molecular complexity index is 555. The smallest absolute Gasteiger partial charge is 0.160 e. The minimum Gasteiger partial charge on any atom is -0.388 e. The van der Waals surface area contributed by atoms with E-state index < -0.39 is 11.6 Å². The zero-order valence-electron chi connectivity index (χ0n) is 10.2. The van der Waals surface area contributed by atoms with Gasteiger partial charge in [0.15, 0.2) is 11.6 Å². The first-order valence-corrected chi connectivity index (χ1v) is 5.58. The van der Waals surface area contributed by atoms with Gasteiger partial charge in [-0.1, -0.05) is 6.07 Å². The summed E-state index contributed by atoms with van der Waals surface area (Å²) in [6.07, 6.45) is 0. The van der Waals surface area contributed by atoms with Crippen LogP contribution in [0, 0.1) is 11.6 Å². The van der Waals surface area contributed by atoms with Gasteiger partial charge in [0, 0.05) is 37.2 Å². The van der Waals surface area contributed by atoms with Crippen molar-refractivity contribution in [3.05, 3.63) is 54.1 Å². The number of halogens is 2. The predicted molar refractivity (Wildman–Crippen MR) is 70.4 cm³/mol. The van der Waals surface area contributed by atoms with Gasteiger partial charge in [-0.15, -0.1) is 0 Å². The minimum atomic E-state index is -0.843. The molecular formula is C14H14F2N2. The van der Waals surface area contributed by atoms with Crippen LogP contribution in [0.25, 0.3) is 0 Å². The Kier molecular flexibility index (Phi) is 3.46. The van der Waals surface area contributed by atoms with Gasteiger partial charge in [0.05, 0.1) is 0 Å². The first kappa shape index (κ1) is 12.4. The number of anilines is 3. The number of benzene rings is 2. The van der Waals surface area contributed by atoms with Gasteiger partial charge >= 0.3 is 0 Å². The number of hydrogen-bond donors (Lipinski definition) is 1. The second-order valence-corrected chi connectivity index (χ2v) is 3.96. The summed E-state index contributed by atoms with van der Waals surface area (Å²) in [4.78, 5) is 1.80. The van der Waals surface area contributed by atoms with E-state index in [9.17, 15) is 8.78 Å². The van der Waals surface area contributed by atoms with Gasteiger partial charge < -0.3 is 10.2 Å². The van der Waals surface area contributed by atoms with Crippen LogP contribution >= 0.6 is 0 Å². The average Bonchev–Trinajstić information content (AvgIpc) is 2.41. The Balaban J connectivity index is 2.34. The normalized spacial score (nSPS) is 10.2. The molecule has 0 atom stereocenters. The SMILES string of the molecule is CNc1cccc(N(C)c2ccc(F)c(F)c2)c1. The van der Waals surface area contributed by atoms with Crippen molar-refractivity contribution in [3.63, 3.8) is 0 Å². The first-order valence-electron chi connectivity index (χ1n) is 5.58. The fourth-order valence-corrected chi connectivity index (χ4v) is 1.71. The molecule has 18 heavy (non-hydrogen) atoms. The van der Waals surface area contributed by atoms with Gasteiger partial charge in [0.1, 0.15) is 0 Å². The van der Waals surface area contributed by atoms with Crippen LogP contribution in [0.3, 0.4) is 0 Å². The van der Waals surface area contributed by atoms with E-state index in [1.54, 1.807) is 18.0 Å². The highest BCUT2D eigenvalue weighted by Crippen LogP contribution is 2.26. The number of nitrogens with zero attached hydrogens (tertiary/aromatic N) is 1. The molecule has 2 rings (SSSR count). The molecule has 0 aliphatic carbocycles. The van der Waals surface area contributed by atoms with Crippen LogP contribution in [0.2, 0.25) is 0 Å². The molecule has 2 nitrogen and oxygen atoms in total. The van der Waals surface area contributed by atoms with Crippen LogP contribution in [-0.2, 0) is 0 Å². The number of hydrogen-bond acceptors (Lipinski definition) is 2. The summed E-state index contributed by atoms with van der Waals surface area (Å²) >= 11 is 0. The van der Waals surface area contributed by atoms with Gasteiger partial charge in [-0.25, -0.2) is 8.78 Å². The molecule has 0 aliphatic rings. The van der Waals surface area contributed by atoms with Crippen LogP contribution in [-0.4, -0.2) is 14.1 Å². The predicted octanol–water partition coefficient (Wildman–Crippen LogP) is 3.77. The van der Waals surface area contributed by atoms with Crippen LogP contribution in [0.4, 0.5) is 25.8 Å². The van der Waals surface area contributed by atoms with Crippen LogP contribution in [0.15, 0.2) is 42.5 Å². The largest absolute Gasteiger partial charge is 0.388 e. The molecule has 0 aromatic heterocycles. The second kappa shape index (κ2) is 5.04. The van der Waals surface area contributed by atoms with E-state index in [0.717, 1.165) is 17.4 Å². The van der Waals surface area contributed by atoms with Crippen LogP contribution in [0.1, 0.15) is 0 Å². The maximum absolute atomic E-state index is 13.2. The minimum absolute atomic E-state index is 0.599. The first-order chi connectivity index (χ1) is 8.61. The fraction of sp³-hybridized carbons (Fsp3) is 0.143. The van der Waals surface area contributed by atoms with Gasteiger partial charge in [-0.2, -0.15) is 0 Å². The van der Waals surface area contributed by atoms with Crippen molar-refractivity contribution in [2.75, 3.05) is 24.3 Å². The molecular weight excluding hydrogens is 234 g/mol. The molecule has 0 saturated heterocycles. The van der Waals surface area contributed by atoms with Crippen LogP contribution in [0.5, 0.6) is 0 Å². The molecule has 0 heterocycles. The molecule has 0 fully saturated rings. The Morgan fingerprint density at radius 1 is 0.944 bits per heavy atom. The zero-order chi connectivity index (χ0) is 13.1. The lowest BCUT2D eigenvalue weighted by molar-refractivity contribution is 0.509. The van der Waals surface area contributed by atoms with Crippen molar-refractivity contribution in [2.24, 2.45) is 0 Å². The highest BCUT2D eigenvalue weighted by atomic mass is 19.2. The third kappa shape index (κ3) is 2.42. The molecule has 0 bridgehead atoms. The van der Waals surface area contributed by atoms with Gasteiger partial charge in [0.2, 0.25) is 0 Å². The number of nitrogens with one attached hydrogen (secondary N) is 1. The summed E-state index contributed by atoms with van der Waals surface area (Å²) < 4.78 is 26.1. The zero-order valence-corrected chi connectivity index (χ0v) is 10.2. The monoisotopic (exact) mass is 248 g/mol. The van der Waals surface area contributed by atoms with E-state index in [2.05, 4.69) is 5.32 Å². The summed E-state index contributed by atoms with van der Waals surface area (Å²) in [5, 5.41) is 3.03. The van der Waals surface area contributed by atoms with E-state index in [1.165, 1.54) is 6.07 Å². The second-order valence-electron chi connectivity index (χ2n) is 3.96. The fourth-order valence-electron chi connectivity index (χ4n) is 1.71. The van der Waals surface area contributed by atoms with E-state index in [0.29, 0.717) is 5.69 Å². The maximum Gasteiger partial charge on any atom is 0.160 e. The van der Waals surface area contributed by atoms with E-state index in [4.69, 9.17) is 0 Å². The lowest BCUT2D eigenvalue weighted by atomic mass is 10.2. The molecule has 0 saturated carbocycles. The Hall–Kier alpha value is -2.10. The molecule has 1 N–H and O–H groups in total. The molecule has 0 unspecified atom stereocenters. The molecule has 2 aromatic rings. The van der Waals surface area contributed by atoms with Gasteiger partial charge in [-0.05, 0) is 30.3 Å². The topological polar surface area (TPSA) is 15.3 Å². The molecule has 0 spiro atoms. The quantitative estimate of drug-likeness (QED) is 0.889. The Labute approximate surface area is 105 Å². The summed E-state index contributed by atoms with van der Waals surface area (Å²) in [6, 6.07) is 11.5. The molecule has 0 aliphatic heterocycles. The highest BCUT2D eigenvalue weighted by molar-refractivity contribution is 5.66. The van der Waals surface area contributed by atoms with Crippen molar-refractivity contribution in [1.29, 1.82) is 0 Å². The molecule has 0 radical (unpaired) electrons. The standard InChI is InChI=1S/C14H14F2N2/c1-17-10-4-3-5-11(8-10)18(2)12-6-7-13(15)14(16)9-12/h3-9,17H,1-2H3. The van der Waals surface area contributed by atoms with E-state index in [1.807, 2.05) is 31.3 Å². The summed E-state index contributed by atoms with van der Waals surface area (Å²) in [7, 11) is 3.64. The lowest BCUT2D eigenvalue weighted by Gasteiger charge is -2.20. The highest BCUT2D eigenvalue weighted by Gasteiger charge is 2.08. The van der Waals surface area contributed by atoms with Crippen molar-refractivity contribution in [1.82, 2.24) is 0 Å². The van der Waals surface area contributed by atoms with Crippen molar-refractivity contribution >= 4 is 17.1 Å². The molecule has 4 heteroatoms. The van der Waals surface area contributed by atoms with Crippen molar-refractivity contribution in [3.8, 4) is 0 Å². The molecule has 94 valence electrons. The summed E-state index contributed by atoms with van der Waals surface area (Å²) in [5.74, 6) is -1.68. The third-order valence-electron chi connectivity index (χ3n) is 2.81. The van der Waals surface area contributed by atoms with Gasteiger partial charge in [-0.3, -0.25) is 0 Å². The van der Waals surface area contributed by atoms with Crippen LogP contribution < -0.4 is 10.2 Å². The summed E-state index contributed by atoms with van der Waals surface area (Å²) in [5.41, 5.74) is 2.46. The Morgan fingerprint density at radius 2 is 1.67 bits per heavy atom. The number of rotatable bonds is 3. The maximum atomic E-state index is 13.2. The average molecular weight is 248 g/mol. The lowest BCUT2D eigenvalue weighted by Crippen LogP contribution is -2.10. The molecule has 2 aromatic carbocycles. The van der Waals surface area contributed by atoms with Crippen molar-refractivity contribution in [2.45, 2.75) is 0 Å². The molecule has 0 amide bonds. The third-order valence-corrected chi connectivity index (χ3v) is 2.81. The van der Waals surface area contributed by atoms with Gasteiger partial charge in [0.25, 0.3) is 0 Å². The van der Waals surface area contributed by atoms with E-state index >= 15 is 0 Å².